The zero-order chi connectivity index (χ0) is 19.8. The molecule has 29 heavy (non-hydrogen) atoms. The number of thiophene rings is 1. The van der Waals surface area contributed by atoms with Crippen LogP contribution in [0.15, 0.2) is 47.5 Å². The summed E-state index contributed by atoms with van der Waals surface area (Å²) in [6.07, 6.45) is 5.78. The zero-order valence-corrected chi connectivity index (χ0v) is 17.2. The van der Waals surface area contributed by atoms with Gasteiger partial charge in [0.25, 0.3) is 5.56 Å². The van der Waals surface area contributed by atoms with Crippen molar-refractivity contribution in [2.75, 3.05) is 5.32 Å². The molecule has 1 amide bonds. The van der Waals surface area contributed by atoms with Crippen LogP contribution >= 0.6 is 22.7 Å². The highest BCUT2D eigenvalue weighted by Gasteiger charge is 2.17. The van der Waals surface area contributed by atoms with Crippen molar-refractivity contribution in [1.29, 1.82) is 0 Å². The third-order valence-corrected chi connectivity index (χ3v) is 7.15. The molecule has 1 aromatic carbocycles. The molecule has 1 N–H and O–H groups in total. The number of nitrogens with one attached hydrogen (secondary N) is 1. The SMILES string of the molecule is O=C(Cn1cnc2sc(-c3ccccc3)cc2c1=O)Nc1nc2c(s1)CCCC2. The highest BCUT2D eigenvalue weighted by Crippen LogP contribution is 2.31. The molecular formula is C21H18N4O2S2. The molecule has 146 valence electrons. The fraction of sp³-hybridized carbons (Fsp3) is 0.238. The number of amides is 1. The Morgan fingerprint density at radius 2 is 1.97 bits per heavy atom. The maximum Gasteiger partial charge on any atom is 0.262 e. The topological polar surface area (TPSA) is 76.9 Å². The first kappa shape index (κ1) is 18.2. The summed E-state index contributed by atoms with van der Waals surface area (Å²) in [4.78, 5) is 37.2. The lowest BCUT2D eigenvalue weighted by Crippen LogP contribution is -2.27. The van der Waals surface area contributed by atoms with Crippen molar-refractivity contribution in [1.82, 2.24) is 14.5 Å². The number of fused-ring (bicyclic) bond motifs is 2. The number of rotatable bonds is 4. The molecule has 0 saturated heterocycles. The largest absolute Gasteiger partial charge is 0.300 e. The average Bonchev–Trinajstić information content (AvgIpc) is 3.35. The standard InChI is InChI=1S/C21H18N4O2S2/c26-18(24-21-23-15-8-4-5-9-16(15)29-21)11-25-12-22-19-14(20(25)27)10-17(28-19)13-6-2-1-3-7-13/h1-3,6-7,10,12H,4-5,8-9,11H2,(H,23,24,26). The molecule has 3 aromatic heterocycles. The number of carbonyl (C=O) groups excluding carboxylic acids is 1. The number of hydrogen-bond donors (Lipinski definition) is 1. The second kappa shape index (κ2) is 7.53. The van der Waals surface area contributed by atoms with Crippen LogP contribution in [0.4, 0.5) is 5.13 Å². The highest BCUT2D eigenvalue weighted by molar-refractivity contribution is 7.21. The van der Waals surface area contributed by atoms with E-state index in [1.165, 1.54) is 44.9 Å². The Balaban J connectivity index is 1.37. The lowest BCUT2D eigenvalue weighted by Gasteiger charge is -2.06. The summed E-state index contributed by atoms with van der Waals surface area (Å²) in [6.45, 7) is -0.0808. The Morgan fingerprint density at radius 1 is 1.14 bits per heavy atom. The van der Waals surface area contributed by atoms with E-state index in [1.807, 2.05) is 36.4 Å². The van der Waals surface area contributed by atoms with Crippen molar-refractivity contribution in [2.45, 2.75) is 32.2 Å². The first-order valence-corrected chi connectivity index (χ1v) is 11.1. The van der Waals surface area contributed by atoms with Gasteiger partial charge in [-0.2, -0.15) is 0 Å². The van der Waals surface area contributed by atoms with Gasteiger partial charge < -0.3 is 5.32 Å². The van der Waals surface area contributed by atoms with Gasteiger partial charge in [-0.1, -0.05) is 30.3 Å². The lowest BCUT2D eigenvalue weighted by molar-refractivity contribution is -0.116. The van der Waals surface area contributed by atoms with Gasteiger partial charge in [0, 0.05) is 9.75 Å². The van der Waals surface area contributed by atoms with E-state index < -0.39 is 0 Å². The summed E-state index contributed by atoms with van der Waals surface area (Å²) >= 11 is 3.01. The number of carbonyl (C=O) groups is 1. The predicted molar refractivity (Wildman–Crippen MR) is 117 cm³/mol. The third-order valence-electron chi connectivity index (χ3n) is 4.98. The summed E-state index contributed by atoms with van der Waals surface area (Å²) in [5.74, 6) is -0.266. The molecule has 4 aromatic rings. The highest BCUT2D eigenvalue weighted by atomic mass is 32.1. The number of benzene rings is 1. The van der Waals surface area contributed by atoms with Gasteiger partial charge in [-0.05, 0) is 37.3 Å². The molecule has 0 aliphatic heterocycles. The lowest BCUT2D eigenvalue weighted by atomic mass is 10.0. The van der Waals surface area contributed by atoms with Crippen LogP contribution in [0.5, 0.6) is 0 Å². The minimum absolute atomic E-state index is 0.0808. The van der Waals surface area contributed by atoms with Crippen molar-refractivity contribution < 1.29 is 4.79 Å². The van der Waals surface area contributed by atoms with Crippen molar-refractivity contribution in [3.63, 3.8) is 0 Å². The number of nitrogens with zero attached hydrogens (tertiary/aromatic N) is 3. The van der Waals surface area contributed by atoms with E-state index >= 15 is 0 Å². The molecule has 3 heterocycles. The molecule has 0 radical (unpaired) electrons. The Morgan fingerprint density at radius 3 is 2.79 bits per heavy atom. The van der Waals surface area contributed by atoms with Crippen LogP contribution in [-0.2, 0) is 24.2 Å². The summed E-state index contributed by atoms with van der Waals surface area (Å²) < 4.78 is 1.35. The van der Waals surface area contributed by atoms with Gasteiger partial charge in [-0.25, -0.2) is 9.97 Å². The van der Waals surface area contributed by atoms with Crippen molar-refractivity contribution >= 4 is 43.9 Å². The van der Waals surface area contributed by atoms with E-state index in [2.05, 4.69) is 15.3 Å². The van der Waals surface area contributed by atoms with Gasteiger partial charge in [0.15, 0.2) is 5.13 Å². The van der Waals surface area contributed by atoms with Crippen LogP contribution in [-0.4, -0.2) is 20.4 Å². The average molecular weight is 423 g/mol. The third kappa shape index (κ3) is 3.61. The number of anilines is 1. The Kier molecular flexibility index (Phi) is 4.73. The second-order valence-electron chi connectivity index (χ2n) is 7.02. The van der Waals surface area contributed by atoms with Crippen LogP contribution in [0.3, 0.4) is 0 Å². The van der Waals surface area contributed by atoms with Gasteiger partial charge in [-0.15, -0.1) is 22.7 Å². The minimum Gasteiger partial charge on any atom is -0.300 e. The molecule has 0 saturated carbocycles. The van der Waals surface area contributed by atoms with Crippen molar-refractivity contribution in [3.05, 3.63) is 63.7 Å². The van der Waals surface area contributed by atoms with Gasteiger partial charge in [0.1, 0.15) is 11.4 Å². The number of hydrogen-bond acceptors (Lipinski definition) is 6. The van der Waals surface area contributed by atoms with Crippen LogP contribution < -0.4 is 10.9 Å². The van der Waals surface area contributed by atoms with Gasteiger partial charge in [0.05, 0.1) is 17.4 Å². The summed E-state index contributed by atoms with van der Waals surface area (Å²) in [5, 5.41) is 3.99. The fourth-order valence-corrected chi connectivity index (χ4v) is 5.60. The van der Waals surface area contributed by atoms with Gasteiger partial charge in [-0.3, -0.25) is 14.2 Å². The monoisotopic (exact) mass is 422 g/mol. The van der Waals surface area contributed by atoms with Crippen molar-refractivity contribution in [2.24, 2.45) is 0 Å². The smallest absolute Gasteiger partial charge is 0.262 e. The molecule has 0 spiro atoms. The van der Waals surface area contributed by atoms with Crippen LogP contribution in [0.25, 0.3) is 20.7 Å². The quantitative estimate of drug-likeness (QED) is 0.537. The summed E-state index contributed by atoms with van der Waals surface area (Å²) in [6, 6.07) is 11.8. The fourth-order valence-electron chi connectivity index (χ4n) is 3.54. The minimum atomic E-state index is -0.266. The van der Waals surface area contributed by atoms with Crippen LogP contribution in [0.2, 0.25) is 0 Å². The van der Waals surface area contributed by atoms with Crippen LogP contribution in [0, 0.1) is 0 Å². The molecule has 0 atom stereocenters. The molecule has 0 fully saturated rings. The molecule has 1 aliphatic rings. The second-order valence-corrected chi connectivity index (χ2v) is 9.13. The molecule has 0 bridgehead atoms. The van der Waals surface area contributed by atoms with E-state index in [1.54, 1.807) is 0 Å². The molecule has 8 heteroatoms. The number of aryl methyl sites for hydroxylation is 2. The van der Waals surface area contributed by atoms with E-state index in [0.717, 1.165) is 35.4 Å². The molecule has 1 aliphatic carbocycles. The van der Waals surface area contributed by atoms with Crippen LogP contribution in [0.1, 0.15) is 23.4 Å². The summed E-state index contributed by atoms with van der Waals surface area (Å²) in [5.41, 5.74) is 1.94. The van der Waals surface area contributed by atoms with Gasteiger partial charge in [0.2, 0.25) is 5.91 Å². The van der Waals surface area contributed by atoms with Gasteiger partial charge >= 0.3 is 0 Å². The molecular weight excluding hydrogens is 404 g/mol. The van der Waals surface area contributed by atoms with E-state index in [4.69, 9.17) is 0 Å². The first-order valence-electron chi connectivity index (χ1n) is 9.50. The molecule has 5 rings (SSSR count). The van der Waals surface area contributed by atoms with Crippen molar-refractivity contribution in [3.8, 4) is 10.4 Å². The maximum atomic E-state index is 12.9. The Labute approximate surface area is 174 Å². The maximum absolute atomic E-state index is 12.9. The first-order chi connectivity index (χ1) is 14.2. The summed E-state index contributed by atoms with van der Waals surface area (Å²) in [7, 11) is 0. The number of thiazole rings is 1. The Bertz CT molecular complexity index is 1230. The Hall–Kier alpha value is -2.84. The zero-order valence-electron chi connectivity index (χ0n) is 15.6. The normalized spacial score (nSPS) is 13.4. The van der Waals surface area contributed by atoms with E-state index in [9.17, 15) is 9.59 Å². The predicted octanol–water partition coefficient (Wildman–Crippen LogP) is 4.10. The molecule has 0 unspecified atom stereocenters. The molecule has 6 nitrogen and oxygen atoms in total. The van der Waals surface area contributed by atoms with E-state index in [-0.39, 0.29) is 18.0 Å². The number of aromatic nitrogens is 3. The van der Waals surface area contributed by atoms with E-state index in [0.29, 0.717) is 15.3 Å².